The molecular weight excluding hydrogens is 412 g/mol. The molecule has 0 aromatic heterocycles. The van der Waals surface area contributed by atoms with Gasteiger partial charge in [0, 0.05) is 22.0 Å². The van der Waals surface area contributed by atoms with E-state index in [4.69, 9.17) is 14.3 Å². The first-order valence-corrected chi connectivity index (χ1v) is 9.32. The quantitative estimate of drug-likeness (QED) is 0.752. The van der Waals surface area contributed by atoms with Gasteiger partial charge in [-0.15, -0.1) is 0 Å². The maximum absolute atomic E-state index is 12.6. The topological polar surface area (TPSA) is 69.2 Å². The standard InChI is InChI=1S/C20H21BrN2O4/c1-12(16-10-15(25-2)7-8-18(16)26-3)22-20(24)19-11-17(23-27-19)13-5-4-6-14(21)9-13/h4-10,12,19H,11H2,1-3H3,(H,22,24)/t12-,19-/m1/s1. The van der Waals surface area contributed by atoms with Gasteiger partial charge in [-0.3, -0.25) is 4.79 Å². The summed E-state index contributed by atoms with van der Waals surface area (Å²) >= 11 is 3.44. The van der Waals surface area contributed by atoms with Gasteiger partial charge < -0.3 is 19.6 Å². The molecule has 0 saturated heterocycles. The maximum Gasteiger partial charge on any atom is 0.264 e. The molecule has 142 valence electrons. The molecule has 0 bridgehead atoms. The number of nitrogens with zero attached hydrogens (tertiary/aromatic N) is 1. The van der Waals surface area contributed by atoms with Crippen LogP contribution in [0.2, 0.25) is 0 Å². The third-order valence-electron chi connectivity index (χ3n) is 4.38. The Labute approximate surface area is 166 Å². The van der Waals surface area contributed by atoms with Gasteiger partial charge >= 0.3 is 0 Å². The molecule has 2 aromatic carbocycles. The van der Waals surface area contributed by atoms with Crippen LogP contribution in [0.1, 0.15) is 30.5 Å². The molecular formula is C20H21BrN2O4. The number of oxime groups is 1. The van der Waals surface area contributed by atoms with Crippen LogP contribution in [0, 0.1) is 0 Å². The van der Waals surface area contributed by atoms with Crippen molar-refractivity contribution < 1.29 is 19.1 Å². The summed E-state index contributed by atoms with van der Waals surface area (Å²) in [5.74, 6) is 1.16. The number of nitrogens with one attached hydrogen (secondary N) is 1. The lowest BCUT2D eigenvalue weighted by atomic mass is 10.0. The van der Waals surface area contributed by atoms with E-state index in [0.29, 0.717) is 17.9 Å². The largest absolute Gasteiger partial charge is 0.497 e. The average Bonchev–Trinajstić information content (AvgIpc) is 3.17. The zero-order chi connectivity index (χ0) is 19.4. The first-order chi connectivity index (χ1) is 13.0. The Kier molecular flexibility index (Phi) is 6.01. The third kappa shape index (κ3) is 4.42. The number of ether oxygens (including phenoxy) is 2. The van der Waals surface area contributed by atoms with Crippen molar-refractivity contribution in [3.63, 3.8) is 0 Å². The Morgan fingerprint density at radius 1 is 1.26 bits per heavy atom. The number of rotatable bonds is 6. The summed E-state index contributed by atoms with van der Waals surface area (Å²) < 4.78 is 11.6. The lowest BCUT2D eigenvalue weighted by molar-refractivity contribution is -0.131. The van der Waals surface area contributed by atoms with Gasteiger partial charge in [0.25, 0.3) is 5.91 Å². The second-order valence-electron chi connectivity index (χ2n) is 6.18. The summed E-state index contributed by atoms with van der Waals surface area (Å²) in [5.41, 5.74) is 2.52. The molecule has 0 fully saturated rings. The molecule has 0 aliphatic carbocycles. The van der Waals surface area contributed by atoms with Crippen LogP contribution in [-0.2, 0) is 9.63 Å². The number of halogens is 1. The highest BCUT2D eigenvalue weighted by Gasteiger charge is 2.30. The van der Waals surface area contributed by atoms with Gasteiger partial charge in [0.2, 0.25) is 6.10 Å². The van der Waals surface area contributed by atoms with Crippen molar-refractivity contribution in [2.24, 2.45) is 5.16 Å². The van der Waals surface area contributed by atoms with E-state index < -0.39 is 6.10 Å². The molecule has 0 unspecified atom stereocenters. The van der Waals surface area contributed by atoms with Crippen molar-refractivity contribution in [2.45, 2.75) is 25.5 Å². The average molecular weight is 433 g/mol. The van der Waals surface area contributed by atoms with Gasteiger partial charge in [0.15, 0.2) is 0 Å². The van der Waals surface area contributed by atoms with Crippen molar-refractivity contribution in [2.75, 3.05) is 14.2 Å². The number of carbonyl (C=O) groups is 1. The molecule has 0 spiro atoms. The molecule has 3 rings (SSSR count). The van der Waals surface area contributed by atoms with E-state index in [1.165, 1.54) is 0 Å². The Morgan fingerprint density at radius 3 is 2.78 bits per heavy atom. The van der Waals surface area contributed by atoms with E-state index in [0.717, 1.165) is 21.3 Å². The zero-order valence-electron chi connectivity index (χ0n) is 15.4. The highest BCUT2D eigenvalue weighted by atomic mass is 79.9. The SMILES string of the molecule is COc1ccc(OC)c([C@@H](C)NC(=O)[C@H]2CC(c3cccc(Br)c3)=NO2)c1. The predicted octanol–water partition coefficient (Wildman–Crippen LogP) is 3.84. The van der Waals surface area contributed by atoms with E-state index in [1.807, 2.05) is 49.4 Å². The summed E-state index contributed by atoms with van der Waals surface area (Å²) in [7, 11) is 3.19. The normalized spacial score (nSPS) is 16.9. The lowest BCUT2D eigenvalue weighted by Gasteiger charge is -2.19. The van der Waals surface area contributed by atoms with E-state index in [-0.39, 0.29) is 11.9 Å². The molecule has 1 amide bonds. The molecule has 7 heteroatoms. The fourth-order valence-corrected chi connectivity index (χ4v) is 3.32. The van der Waals surface area contributed by atoms with Crippen molar-refractivity contribution in [3.8, 4) is 11.5 Å². The molecule has 1 N–H and O–H groups in total. The van der Waals surface area contributed by atoms with E-state index >= 15 is 0 Å². The molecule has 6 nitrogen and oxygen atoms in total. The van der Waals surface area contributed by atoms with Gasteiger partial charge in [-0.2, -0.15) is 0 Å². The Morgan fingerprint density at radius 2 is 2.07 bits per heavy atom. The minimum absolute atomic E-state index is 0.221. The van der Waals surface area contributed by atoms with Crippen LogP contribution in [0.15, 0.2) is 52.1 Å². The molecule has 1 heterocycles. The predicted molar refractivity (Wildman–Crippen MR) is 106 cm³/mol. The van der Waals surface area contributed by atoms with Crippen molar-refractivity contribution in [3.05, 3.63) is 58.1 Å². The second-order valence-corrected chi connectivity index (χ2v) is 7.10. The van der Waals surface area contributed by atoms with Gasteiger partial charge in [-0.05, 0) is 37.3 Å². The maximum atomic E-state index is 12.6. The van der Waals surface area contributed by atoms with Crippen molar-refractivity contribution >= 4 is 27.5 Å². The number of benzene rings is 2. The molecule has 2 aromatic rings. The summed E-state index contributed by atoms with van der Waals surface area (Å²) in [5, 5.41) is 7.05. The van der Waals surface area contributed by atoms with Gasteiger partial charge in [-0.1, -0.05) is 33.2 Å². The summed E-state index contributed by atoms with van der Waals surface area (Å²) in [6.07, 6.45) is -0.234. The molecule has 0 saturated carbocycles. The van der Waals surface area contributed by atoms with Crippen LogP contribution in [0.5, 0.6) is 11.5 Å². The molecule has 0 radical (unpaired) electrons. The van der Waals surface area contributed by atoms with Crippen LogP contribution < -0.4 is 14.8 Å². The number of carbonyl (C=O) groups excluding carboxylic acids is 1. The van der Waals surface area contributed by atoms with E-state index in [9.17, 15) is 4.79 Å². The smallest absolute Gasteiger partial charge is 0.264 e. The lowest BCUT2D eigenvalue weighted by Crippen LogP contribution is -2.36. The summed E-state index contributed by atoms with van der Waals surface area (Å²) in [4.78, 5) is 18.0. The fraction of sp³-hybridized carbons (Fsp3) is 0.300. The zero-order valence-corrected chi connectivity index (χ0v) is 16.9. The Balaban J connectivity index is 1.66. The highest BCUT2D eigenvalue weighted by Crippen LogP contribution is 2.29. The number of hydrogen-bond donors (Lipinski definition) is 1. The van der Waals surface area contributed by atoms with E-state index in [1.54, 1.807) is 14.2 Å². The van der Waals surface area contributed by atoms with Gasteiger partial charge in [0.05, 0.1) is 26.0 Å². The first-order valence-electron chi connectivity index (χ1n) is 8.52. The molecule has 2 atom stereocenters. The highest BCUT2D eigenvalue weighted by molar-refractivity contribution is 9.10. The number of hydrogen-bond acceptors (Lipinski definition) is 5. The van der Waals surface area contributed by atoms with Crippen molar-refractivity contribution in [1.82, 2.24) is 5.32 Å². The molecule has 1 aliphatic rings. The number of amides is 1. The van der Waals surface area contributed by atoms with Crippen LogP contribution >= 0.6 is 15.9 Å². The third-order valence-corrected chi connectivity index (χ3v) is 4.87. The minimum atomic E-state index is -0.655. The van der Waals surface area contributed by atoms with Crippen LogP contribution in [-0.4, -0.2) is 31.9 Å². The van der Waals surface area contributed by atoms with E-state index in [2.05, 4.69) is 26.4 Å². The molecule has 27 heavy (non-hydrogen) atoms. The second kappa shape index (κ2) is 8.43. The molecule has 1 aliphatic heterocycles. The van der Waals surface area contributed by atoms with Crippen LogP contribution in [0.3, 0.4) is 0 Å². The minimum Gasteiger partial charge on any atom is -0.497 e. The fourth-order valence-electron chi connectivity index (χ4n) is 2.92. The van der Waals surface area contributed by atoms with Crippen LogP contribution in [0.25, 0.3) is 0 Å². The summed E-state index contributed by atoms with van der Waals surface area (Å²) in [6.45, 7) is 1.89. The monoisotopic (exact) mass is 432 g/mol. The summed E-state index contributed by atoms with van der Waals surface area (Å²) in [6, 6.07) is 13.0. The van der Waals surface area contributed by atoms with Gasteiger partial charge in [0.1, 0.15) is 11.5 Å². The Hall–Kier alpha value is -2.54. The van der Waals surface area contributed by atoms with Gasteiger partial charge in [-0.25, -0.2) is 0 Å². The van der Waals surface area contributed by atoms with Crippen LogP contribution in [0.4, 0.5) is 0 Å². The Bertz CT molecular complexity index is 869. The number of methoxy groups -OCH3 is 2. The van der Waals surface area contributed by atoms with Crippen molar-refractivity contribution in [1.29, 1.82) is 0 Å². The first kappa shape index (κ1) is 19.2.